The first-order valence-electron chi connectivity index (χ1n) is 5.29. The number of hydrogen-bond donors (Lipinski definition) is 2. The number of aromatic amines is 1. The van der Waals surface area contributed by atoms with E-state index in [0.717, 1.165) is 5.52 Å². The molecule has 0 aliphatic rings. The minimum absolute atomic E-state index is 0.0683. The van der Waals surface area contributed by atoms with Crippen LogP contribution < -0.4 is 0 Å². The highest BCUT2D eigenvalue weighted by Crippen LogP contribution is 2.18. The first kappa shape index (κ1) is 10.4. The average molecular weight is 240 g/mol. The molecule has 6 nitrogen and oxygen atoms in total. The van der Waals surface area contributed by atoms with E-state index in [0.29, 0.717) is 22.6 Å². The monoisotopic (exact) mass is 240 g/mol. The summed E-state index contributed by atoms with van der Waals surface area (Å²) >= 11 is 0. The van der Waals surface area contributed by atoms with Crippen molar-refractivity contribution in [2.45, 2.75) is 6.42 Å². The summed E-state index contributed by atoms with van der Waals surface area (Å²) in [4.78, 5) is 17.9. The molecule has 0 saturated heterocycles. The quantitative estimate of drug-likeness (QED) is 0.706. The molecule has 6 heteroatoms. The Morgan fingerprint density at radius 2 is 2.39 bits per heavy atom. The second-order valence-electron chi connectivity index (χ2n) is 3.97. The Balaban J connectivity index is 2.19. The number of imidazole rings is 2. The normalized spacial score (nSPS) is 10.8. The van der Waals surface area contributed by atoms with Crippen molar-refractivity contribution < 1.29 is 9.90 Å². The number of nitriles is 1. The van der Waals surface area contributed by atoms with E-state index in [1.54, 1.807) is 28.8 Å². The Morgan fingerprint density at radius 3 is 3.11 bits per heavy atom. The van der Waals surface area contributed by atoms with Crippen molar-refractivity contribution in [1.29, 1.82) is 5.26 Å². The Morgan fingerprint density at radius 1 is 1.56 bits per heavy atom. The lowest BCUT2D eigenvalue weighted by Gasteiger charge is -1.91. The van der Waals surface area contributed by atoms with Crippen LogP contribution in [0.15, 0.2) is 24.4 Å². The summed E-state index contributed by atoms with van der Waals surface area (Å²) < 4.78 is 1.79. The molecule has 0 fully saturated rings. The zero-order valence-electron chi connectivity index (χ0n) is 9.21. The van der Waals surface area contributed by atoms with Crippen LogP contribution in [0.1, 0.15) is 11.3 Å². The lowest BCUT2D eigenvalue weighted by molar-refractivity contribution is -0.136. The van der Waals surface area contributed by atoms with Crippen LogP contribution in [0.3, 0.4) is 0 Å². The smallest absolute Gasteiger partial charge is 0.309 e. The third-order valence-corrected chi connectivity index (χ3v) is 2.72. The fourth-order valence-corrected chi connectivity index (χ4v) is 1.97. The number of carboxylic acid groups (broad SMARTS) is 1. The van der Waals surface area contributed by atoms with Gasteiger partial charge in [-0.3, -0.25) is 9.20 Å². The molecule has 1 aromatic carbocycles. The van der Waals surface area contributed by atoms with Crippen molar-refractivity contribution in [2.75, 3.05) is 0 Å². The van der Waals surface area contributed by atoms with E-state index in [9.17, 15) is 4.79 Å². The molecule has 0 unspecified atom stereocenters. The predicted molar refractivity (Wildman–Crippen MR) is 63.1 cm³/mol. The van der Waals surface area contributed by atoms with Crippen LogP contribution in [0, 0.1) is 11.3 Å². The highest BCUT2D eigenvalue weighted by atomic mass is 16.4. The summed E-state index contributed by atoms with van der Waals surface area (Å²) in [5.41, 5.74) is 2.70. The molecule has 3 aromatic rings. The van der Waals surface area contributed by atoms with Crippen molar-refractivity contribution in [3.05, 3.63) is 35.7 Å². The number of rotatable bonds is 2. The van der Waals surface area contributed by atoms with Crippen LogP contribution in [-0.2, 0) is 11.2 Å². The Hall–Kier alpha value is -2.81. The number of H-pyrrole nitrogens is 1. The van der Waals surface area contributed by atoms with Crippen LogP contribution >= 0.6 is 0 Å². The molecule has 18 heavy (non-hydrogen) atoms. The molecular formula is C12H8N4O2. The van der Waals surface area contributed by atoms with Gasteiger partial charge in [-0.25, -0.2) is 4.98 Å². The van der Waals surface area contributed by atoms with E-state index in [1.807, 2.05) is 0 Å². The number of carbonyl (C=O) groups is 1. The number of hydrogen-bond acceptors (Lipinski definition) is 3. The van der Waals surface area contributed by atoms with Gasteiger partial charge in [-0.05, 0) is 18.2 Å². The van der Waals surface area contributed by atoms with Gasteiger partial charge in [-0.15, -0.1) is 0 Å². The van der Waals surface area contributed by atoms with Crippen LogP contribution in [0.5, 0.6) is 0 Å². The molecule has 0 aliphatic carbocycles. The summed E-state index contributed by atoms with van der Waals surface area (Å²) in [5.74, 6) is -0.313. The number of nitrogens with zero attached hydrogens (tertiary/aromatic N) is 3. The Labute approximate surface area is 101 Å². The maximum Gasteiger partial charge on any atom is 0.309 e. The van der Waals surface area contributed by atoms with Crippen LogP contribution in [0.25, 0.3) is 16.8 Å². The van der Waals surface area contributed by atoms with E-state index in [2.05, 4.69) is 16.0 Å². The zero-order valence-corrected chi connectivity index (χ0v) is 9.21. The molecule has 88 valence electrons. The average Bonchev–Trinajstić information content (AvgIpc) is 2.83. The maximum atomic E-state index is 10.6. The summed E-state index contributed by atoms with van der Waals surface area (Å²) in [5, 5.41) is 17.5. The molecule has 0 spiro atoms. The summed E-state index contributed by atoms with van der Waals surface area (Å²) in [6, 6.07) is 7.26. The van der Waals surface area contributed by atoms with Crippen LogP contribution in [0.2, 0.25) is 0 Å². The minimum Gasteiger partial charge on any atom is -0.481 e. The highest BCUT2D eigenvalue weighted by Gasteiger charge is 2.10. The van der Waals surface area contributed by atoms with Gasteiger partial charge >= 0.3 is 5.97 Å². The van der Waals surface area contributed by atoms with Gasteiger partial charge in [-0.2, -0.15) is 5.26 Å². The predicted octanol–water partition coefficient (Wildman–Crippen LogP) is 1.31. The molecule has 2 heterocycles. The second kappa shape index (κ2) is 3.60. The van der Waals surface area contributed by atoms with Crippen LogP contribution in [0.4, 0.5) is 0 Å². The van der Waals surface area contributed by atoms with Gasteiger partial charge < -0.3 is 10.1 Å². The lowest BCUT2D eigenvalue weighted by Crippen LogP contribution is -1.99. The third-order valence-electron chi connectivity index (χ3n) is 2.72. The Bertz CT molecular complexity index is 807. The van der Waals surface area contributed by atoms with Gasteiger partial charge in [0.05, 0.1) is 29.1 Å². The number of nitrogens with one attached hydrogen (secondary N) is 1. The van der Waals surface area contributed by atoms with Crippen molar-refractivity contribution in [1.82, 2.24) is 14.4 Å². The van der Waals surface area contributed by atoms with E-state index in [4.69, 9.17) is 10.4 Å². The summed E-state index contributed by atoms with van der Waals surface area (Å²) in [6.07, 6.45) is 1.64. The number of aliphatic carboxylic acids is 1. The van der Waals surface area contributed by atoms with Gasteiger partial charge in [0.15, 0.2) is 0 Å². The summed E-state index contributed by atoms with van der Waals surface area (Å²) in [7, 11) is 0. The number of carboxylic acids is 1. The molecule has 0 radical (unpaired) electrons. The number of aromatic nitrogens is 3. The van der Waals surface area contributed by atoms with Gasteiger partial charge in [0.1, 0.15) is 0 Å². The molecule has 0 aliphatic heterocycles. The van der Waals surface area contributed by atoms with Crippen molar-refractivity contribution in [2.24, 2.45) is 0 Å². The molecule has 0 bridgehead atoms. The molecule has 3 rings (SSSR count). The second-order valence-corrected chi connectivity index (χ2v) is 3.97. The number of benzene rings is 1. The molecule has 2 N–H and O–H groups in total. The Kier molecular flexibility index (Phi) is 2.07. The van der Waals surface area contributed by atoms with Gasteiger partial charge in [0.2, 0.25) is 5.78 Å². The van der Waals surface area contributed by atoms with E-state index in [-0.39, 0.29) is 6.42 Å². The topological polar surface area (TPSA) is 94.2 Å². The molecular weight excluding hydrogens is 232 g/mol. The fraction of sp³-hybridized carbons (Fsp3) is 0.0833. The largest absolute Gasteiger partial charge is 0.481 e. The lowest BCUT2D eigenvalue weighted by atomic mass is 10.2. The van der Waals surface area contributed by atoms with Gasteiger partial charge in [0, 0.05) is 11.9 Å². The maximum absolute atomic E-state index is 10.6. The van der Waals surface area contributed by atoms with Gasteiger partial charge in [-0.1, -0.05) is 0 Å². The first-order valence-corrected chi connectivity index (χ1v) is 5.29. The molecule has 2 aromatic heterocycles. The molecule has 0 atom stereocenters. The van der Waals surface area contributed by atoms with Crippen LogP contribution in [-0.4, -0.2) is 25.4 Å². The first-order chi connectivity index (χ1) is 8.67. The van der Waals surface area contributed by atoms with Crippen molar-refractivity contribution in [3.8, 4) is 6.07 Å². The minimum atomic E-state index is -0.893. The van der Waals surface area contributed by atoms with E-state index >= 15 is 0 Å². The van der Waals surface area contributed by atoms with Gasteiger partial charge in [0.25, 0.3) is 0 Å². The van der Waals surface area contributed by atoms with Crippen molar-refractivity contribution >= 4 is 22.8 Å². The zero-order chi connectivity index (χ0) is 12.7. The SMILES string of the molecule is N#Cc1ccc2c(c1)nc1[nH]c(CC(=O)O)cn12. The standard InChI is InChI=1S/C12H8N4O2/c13-5-7-1-2-10-9(3-7)15-12-14-8(4-11(17)18)6-16(10)12/h1-3,6H,4H2,(H,14,15)(H,17,18). The van der Waals surface area contributed by atoms with E-state index in [1.165, 1.54) is 0 Å². The molecule has 0 saturated carbocycles. The van der Waals surface area contributed by atoms with E-state index < -0.39 is 5.97 Å². The fourth-order valence-electron chi connectivity index (χ4n) is 1.97. The highest BCUT2D eigenvalue weighted by molar-refractivity contribution is 5.81. The summed E-state index contributed by atoms with van der Waals surface area (Å²) in [6.45, 7) is 0. The van der Waals surface area contributed by atoms with Crippen molar-refractivity contribution in [3.63, 3.8) is 0 Å². The molecule has 0 amide bonds. The number of fused-ring (bicyclic) bond motifs is 3. The third kappa shape index (κ3) is 1.50.